The van der Waals surface area contributed by atoms with Crippen LogP contribution < -0.4 is 14.4 Å². The molecule has 2 aliphatic heterocycles. The van der Waals surface area contributed by atoms with Crippen LogP contribution in [0.2, 0.25) is 5.02 Å². The number of fused-ring (bicyclic) bond motifs is 1. The number of halogens is 1. The van der Waals surface area contributed by atoms with E-state index in [1.54, 1.807) is 22.7 Å². The van der Waals surface area contributed by atoms with E-state index in [9.17, 15) is 9.59 Å². The van der Waals surface area contributed by atoms with E-state index in [2.05, 4.69) is 41.2 Å². The second-order valence-corrected chi connectivity index (χ2v) is 14.1. The molecule has 0 unspecified atom stereocenters. The molecule has 2 aromatic heterocycles. The van der Waals surface area contributed by atoms with Gasteiger partial charge >= 0.3 is 6.09 Å². The van der Waals surface area contributed by atoms with E-state index in [0.717, 1.165) is 41.2 Å². The fourth-order valence-corrected chi connectivity index (χ4v) is 6.67. The number of aromatic nitrogens is 2. The smallest absolute Gasteiger partial charge is 0.410 e. The number of ether oxygens (including phenoxy) is 3. The van der Waals surface area contributed by atoms with Crippen molar-refractivity contribution in [3.05, 3.63) is 77.6 Å². The maximum absolute atomic E-state index is 13.2. The minimum absolute atomic E-state index is 0.0127. The van der Waals surface area contributed by atoms with Gasteiger partial charge in [0.05, 0.1) is 24.4 Å². The first-order valence-electron chi connectivity index (χ1n) is 16.5. The van der Waals surface area contributed by atoms with Gasteiger partial charge in [-0.15, -0.1) is 0 Å². The van der Waals surface area contributed by atoms with Gasteiger partial charge in [0.15, 0.2) is 0 Å². The molecule has 0 N–H and O–H groups in total. The van der Waals surface area contributed by atoms with Crippen LogP contribution in [0.5, 0.6) is 11.5 Å². The topological polar surface area (TPSA) is 88.8 Å². The Kier molecular flexibility index (Phi) is 9.47. The molecule has 0 aliphatic carbocycles. The lowest BCUT2D eigenvalue weighted by molar-refractivity contribution is -0.129. The third kappa shape index (κ3) is 7.18. The third-order valence-corrected chi connectivity index (χ3v) is 9.54. The fourth-order valence-electron chi connectivity index (χ4n) is 6.44. The van der Waals surface area contributed by atoms with Crippen LogP contribution in [0, 0.1) is 5.92 Å². The molecule has 6 rings (SSSR count). The Labute approximate surface area is 287 Å². The Hall–Kier alpha value is -4.44. The van der Waals surface area contributed by atoms with Crippen molar-refractivity contribution in [3.63, 3.8) is 0 Å². The quantitative estimate of drug-likeness (QED) is 0.197. The number of anilines is 1. The Balaban J connectivity index is 1.14. The summed E-state index contributed by atoms with van der Waals surface area (Å²) in [6.07, 6.45) is 3.48. The average Bonchev–Trinajstić information content (AvgIpc) is 3.66. The number of carbonyl (C=O) groups is 2. The van der Waals surface area contributed by atoms with Crippen molar-refractivity contribution in [2.75, 3.05) is 44.7 Å². The molecule has 2 amide bonds. The lowest BCUT2D eigenvalue weighted by Crippen LogP contribution is -2.50. The number of amides is 2. The first kappa shape index (κ1) is 33.5. The molecule has 11 heteroatoms. The maximum Gasteiger partial charge on any atom is 0.410 e. The second kappa shape index (κ2) is 13.6. The van der Waals surface area contributed by atoms with Gasteiger partial charge in [-0.2, -0.15) is 5.10 Å². The zero-order chi connectivity index (χ0) is 34.2. The van der Waals surface area contributed by atoms with E-state index in [4.69, 9.17) is 25.8 Å². The predicted octanol–water partition coefficient (Wildman–Crippen LogP) is 7.10. The van der Waals surface area contributed by atoms with Gasteiger partial charge in [-0.1, -0.05) is 35.9 Å². The summed E-state index contributed by atoms with van der Waals surface area (Å²) in [5.41, 5.74) is 4.28. The molecular weight excluding hydrogens is 630 g/mol. The van der Waals surface area contributed by atoms with Gasteiger partial charge in [-0.25, -0.2) is 9.31 Å². The Morgan fingerprint density at radius 3 is 2.31 bits per heavy atom. The molecule has 4 heterocycles. The summed E-state index contributed by atoms with van der Waals surface area (Å²) in [4.78, 5) is 31.6. The largest absolute Gasteiger partial charge is 0.497 e. The normalized spacial score (nSPS) is 18.3. The molecule has 3 atom stereocenters. The zero-order valence-corrected chi connectivity index (χ0v) is 29.2. The number of carbonyl (C=O) groups excluding carboxylic acids is 2. The van der Waals surface area contributed by atoms with E-state index < -0.39 is 5.60 Å². The first-order chi connectivity index (χ1) is 22.9. The highest BCUT2D eigenvalue weighted by atomic mass is 35.5. The first-order valence-corrected chi connectivity index (χ1v) is 16.9. The molecule has 0 spiro atoms. The molecule has 2 aromatic carbocycles. The van der Waals surface area contributed by atoms with E-state index in [1.807, 2.05) is 69.1 Å². The van der Waals surface area contributed by atoms with Crippen LogP contribution in [0.1, 0.15) is 52.6 Å². The Morgan fingerprint density at radius 2 is 1.67 bits per heavy atom. The fraction of sp³-hybridized carbons (Fsp3) is 0.432. The van der Waals surface area contributed by atoms with Crippen molar-refractivity contribution in [3.8, 4) is 22.6 Å². The van der Waals surface area contributed by atoms with Crippen LogP contribution in [0.25, 0.3) is 16.6 Å². The van der Waals surface area contributed by atoms with Crippen LogP contribution in [0.4, 0.5) is 10.5 Å². The molecule has 10 nitrogen and oxygen atoms in total. The summed E-state index contributed by atoms with van der Waals surface area (Å²) in [7, 11) is 1.64. The van der Waals surface area contributed by atoms with Crippen molar-refractivity contribution in [2.24, 2.45) is 5.92 Å². The summed E-state index contributed by atoms with van der Waals surface area (Å²) in [5.74, 6) is 1.54. The number of nitrogens with zero attached hydrogens (tertiary/aromatic N) is 5. The van der Waals surface area contributed by atoms with E-state index in [0.29, 0.717) is 42.3 Å². The number of hydrogen-bond donors (Lipinski definition) is 0. The summed E-state index contributed by atoms with van der Waals surface area (Å²) in [5, 5.41) is 4.98. The molecule has 2 fully saturated rings. The highest BCUT2D eigenvalue weighted by Gasteiger charge is 2.37. The summed E-state index contributed by atoms with van der Waals surface area (Å²) < 4.78 is 19.2. The molecule has 0 radical (unpaired) electrons. The van der Waals surface area contributed by atoms with E-state index in [-0.39, 0.29) is 30.1 Å². The number of piperazine rings is 1. The van der Waals surface area contributed by atoms with Gasteiger partial charge in [0.1, 0.15) is 28.7 Å². The lowest BCUT2D eigenvalue weighted by atomic mass is 10.0. The number of pyridine rings is 1. The van der Waals surface area contributed by atoms with Crippen LogP contribution in [-0.4, -0.2) is 83.0 Å². The molecule has 0 saturated carbocycles. The monoisotopic (exact) mass is 673 g/mol. The van der Waals surface area contributed by atoms with E-state index in [1.165, 1.54) is 0 Å². The van der Waals surface area contributed by atoms with Gasteiger partial charge < -0.3 is 28.9 Å². The number of hydrogen-bond acceptors (Lipinski definition) is 7. The summed E-state index contributed by atoms with van der Waals surface area (Å²) in [6, 6.07) is 18.2. The minimum atomic E-state index is -0.509. The highest BCUT2D eigenvalue weighted by Crippen LogP contribution is 2.36. The zero-order valence-electron chi connectivity index (χ0n) is 28.5. The van der Waals surface area contributed by atoms with Crippen LogP contribution in [0.3, 0.4) is 0 Å². The van der Waals surface area contributed by atoms with Crippen molar-refractivity contribution < 1.29 is 23.8 Å². The SMILES string of the molecule is COc1ccc([C@@H](C)N2C[C@H]([C@@H](C)Oc3cc(-c4ccc(N5CCN(C(=O)OC(C)(C)C)CC5)cc4)cn4ncc(Cl)c34)CC2=O)cc1. The number of rotatable bonds is 8. The number of likely N-dealkylation sites (tertiary alicyclic amines) is 1. The second-order valence-electron chi connectivity index (χ2n) is 13.7. The predicted molar refractivity (Wildman–Crippen MR) is 187 cm³/mol. The van der Waals surface area contributed by atoms with Crippen molar-refractivity contribution in [2.45, 2.75) is 58.8 Å². The van der Waals surface area contributed by atoms with Crippen LogP contribution in [0.15, 0.2) is 67.0 Å². The molecular formula is C37H44ClN5O5. The van der Waals surface area contributed by atoms with Crippen molar-refractivity contribution in [1.82, 2.24) is 19.4 Å². The standard InChI is InChI=1S/C37H44ClN5O5/c1-24(26-9-13-31(46-6)14-10-26)42-22-28(20-34(42)44)25(2)47-33-19-29(23-43-35(33)32(38)21-39-43)27-7-11-30(12-8-27)40-15-17-41(18-16-40)36(45)48-37(3,4)5/h7-14,19,21,23-25,28H,15-18,20,22H2,1-6H3/t24-,25-,28-/m1/s1. The Bertz CT molecular complexity index is 1760. The van der Waals surface area contributed by atoms with Crippen molar-refractivity contribution >= 4 is 34.8 Å². The van der Waals surface area contributed by atoms with Gasteiger partial charge in [0.2, 0.25) is 5.91 Å². The molecule has 4 aromatic rings. The van der Waals surface area contributed by atoms with Gasteiger partial charge in [0, 0.05) is 62.5 Å². The third-order valence-electron chi connectivity index (χ3n) is 9.26. The minimum Gasteiger partial charge on any atom is -0.497 e. The number of methoxy groups -OCH3 is 1. The molecule has 2 aliphatic rings. The number of benzene rings is 2. The average molecular weight is 674 g/mol. The summed E-state index contributed by atoms with van der Waals surface area (Å²) in [6.45, 7) is 13.0. The van der Waals surface area contributed by atoms with Crippen molar-refractivity contribution in [1.29, 1.82) is 0 Å². The molecule has 0 bridgehead atoms. The Morgan fingerprint density at radius 1 is 0.979 bits per heavy atom. The van der Waals surface area contributed by atoms with Gasteiger partial charge in [0.25, 0.3) is 0 Å². The van der Waals surface area contributed by atoms with Gasteiger partial charge in [-0.3, -0.25) is 4.79 Å². The molecule has 48 heavy (non-hydrogen) atoms. The van der Waals surface area contributed by atoms with Crippen LogP contribution in [-0.2, 0) is 9.53 Å². The van der Waals surface area contributed by atoms with Gasteiger partial charge in [-0.05, 0) is 76.1 Å². The molecule has 2 saturated heterocycles. The lowest BCUT2D eigenvalue weighted by Gasteiger charge is -2.36. The summed E-state index contributed by atoms with van der Waals surface area (Å²) >= 11 is 6.59. The maximum atomic E-state index is 13.2. The molecule has 254 valence electrons. The van der Waals surface area contributed by atoms with Crippen LogP contribution >= 0.6 is 11.6 Å². The van der Waals surface area contributed by atoms with E-state index >= 15 is 0 Å². The highest BCUT2D eigenvalue weighted by molar-refractivity contribution is 6.34.